The lowest BCUT2D eigenvalue weighted by Gasteiger charge is -2.15. The molecule has 0 aliphatic rings. The molecule has 6 nitrogen and oxygen atoms in total. The van der Waals surface area contributed by atoms with E-state index in [0.717, 1.165) is 11.3 Å². The van der Waals surface area contributed by atoms with Crippen LogP contribution in [-0.4, -0.2) is 34.2 Å². The summed E-state index contributed by atoms with van der Waals surface area (Å²) < 4.78 is 7.02. The van der Waals surface area contributed by atoms with Crippen LogP contribution in [-0.2, 0) is 17.9 Å². The second kappa shape index (κ2) is 8.00. The number of rotatable bonds is 7. The first-order valence-corrected chi connectivity index (χ1v) is 8.25. The average Bonchev–Trinajstić information content (AvgIpc) is 3.20. The van der Waals surface area contributed by atoms with Gasteiger partial charge in [-0.3, -0.25) is 9.69 Å². The quantitative estimate of drug-likeness (QED) is 0.704. The topological polar surface area (TPSA) is 63.3 Å². The summed E-state index contributed by atoms with van der Waals surface area (Å²) in [6.45, 7) is 1.36. The summed E-state index contributed by atoms with van der Waals surface area (Å²) in [5.41, 5.74) is 1.02. The van der Waals surface area contributed by atoms with Crippen molar-refractivity contribution in [3.63, 3.8) is 0 Å². The van der Waals surface area contributed by atoms with E-state index in [9.17, 15) is 4.79 Å². The maximum absolute atomic E-state index is 12.3. The van der Waals surface area contributed by atoms with Gasteiger partial charge in [-0.15, -0.1) is 0 Å². The minimum Gasteiger partial charge on any atom is -0.468 e. The first kappa shape index (κ1) is 17.3. The summed E-state index contributed by atoms with van der Waals surface area (Å²) in [7, 11) is 1.87. The van der Waals surface area contributed by atoms with Crippen LogP contribution >= 0.6 is 11.6 Å². The molecule has 0 bridgehead atoms. The Kier molecular flexibility index (Phi) is 5.53. The Morgan fingerprint density at radius 3 is 2.96 bits per heavy atom. The Hall–Kier alpha value is -2.57. The van der Waals surface area contributed by atoms with E-state index in [1.165, 1.54) is 0 Å². The highest BCUT2D eigenvalue weighted by molar-refractivity contribution is 6.30. The fraction of sp³-hybridized carbons (Fsp3) is 0.222. The van der Waals surface area contributed by atoms with Gasteiger partial charge in [-0.25, -0.2) is 4.68 Å². The lowest BCUT2D eigenvalue weighted by molar-refractivity contribution is -0.117. The number of hydrogen-bond donors (Lipinski definition) is 1. The van der Waals surface area contributed by atoms with Gasteiger partial charge in [-0.2, -0.15) is 5.10 Å². The molecule has 0 saturated heterocycles. The number of hydrogen-bond acceptors (Lipinski definition) is 4. The molecule has 3 rings (SSSR count). The molecule has 7 heteroatoms. The molecular formula is C18H19ClN4O2. The van der Waals surface area contributed by atoms with Gasteiger partial charge in [0.2, 0.25) is 5.91 Å². The van der Waals surface area contributed by atoms with E-state index in [-0.39, 0.29) is 12.5 Å². The summed E-state index contributed by atoms with van der Waals surface area (Å²) in [5, 5.41) is 7.83. The van der Waals surface area contributed by atoms with Gasteiger partial charge in [0, 0.05) is 11.1 Å². The number of anilines is 1. The molecule has 0 saturated carbocycles. The summed E-state index contributed by atoms with van der Waals surface area (Å²) >= 11 is 6.01. The van der Waals surface area contributed by atoms with Crippen molar-refractivity contribution < 1.29 is 9.21 Å². The van der Waals surface area contributed by atoms with E-state index in [1.54, 1.807) is 23.2 Å². The molecule has 2 heterocycles. The van der Waals surface area contributed by atoms with Crippen LogP contribution in [0.5, 0.6) is 0 Å². The highest BCUT2D eigenvalue weighted by atomic mass is 35.5. The normalized spacial score (nSPS) is 11.0. The molecule has 25 heavy (non-hydrogen) atoms. The number of aromatic nitrogens is 2. The third-order valence-electron chi connectivity index (χ3n) is 3.62. The maximum atomic E-state index is 12.3. The fourth-order valence-electron chi connectivity index (χ4n) is 2.53. The van der Waals surface area contributed by atoms with Crippen LogP contribution in [0, 0.1) is 0 Å². The monoisotopic (exact) mass is 358 g/mol. The van der Waals surface area contributed by atoms with E-state index < -0.39 is 0 Å². The van der Waals surface area contributed by atoms with Crippen LogP contribution in [0.1, 0.15) is 11.3 Å². The van der Waals surface area contributed by atoms with Crippen molar-refractivity contribution in [3.8, 4) is 0 Å². The Morgan fingerprint density at radius 1 is 1.32 bits per heavy atom. The molecule has 0 fully saturated rings. The fourth-order valence-corrected chi connectivity index (χ4v) is 2.74. The molecular weight excluding hydrogens is 340 g/mol. The zero-order valence-corrected chi connectivity index (χ0v) is 14.6. The molecule has 1 N–H and O–H groups in total. The average molecular weight is 359 g/mol. The molecule has 0 unspecified atom stereocenters. The van der Waals surface area contributed by atoms with Crippen LogP contribution in [0.25, 0.3) is 0 Å². The number of benzene rings is 1. The van der Waals surface area contributed by atoms with E-state index in [4.69, 9.17) is 16.0 Å². The molecule has 0 aliphatic heterocycles. The third-order valence-corrected chi connectivity index (χ3v) is 3.86. The Bertz CT molecular complexity index is 829. The van der Waals surface area contributed by atoms with E-state index in [1.807, 2.05) is 48.3 Å². The molecule has 1 amide bonds. The first-order chi connectivity index (χ1) is 12.1. The Balaban J connectivity index is 1.57. The summed E-state index contributed by atoms with van der Waals surface area (Å²) in [6.07, 6.45) is 3.28. The van der Waals surface area contributed by atoms with Crippen molar-refractivity contribution in [3.05, 3.63) is 71.3 Å². The van der Waals surface area contributed by atoms with Crippen molar-refractivity contribution in [1.82, 2.24) is 14.7 Å². The van der Waals surface area contributed by atoms with E-state index >= 15 is 0 Å². The minimum atomic E-state index is -0.109. The van der Waals surface area contributed by atoms with Gasteiger partial charge in [0.15, 0.2) is 0 Å². The molecule has 3 aromatic rings. The highest BCUT2D eigenvalue weighted by Crippen LogP contribution is 2.14. The zero-order valence-electron chi connectivity index (χ0n) is 13.9. The second-order valence-electron chi connectivity index (χ2n) is 5.80. The third kappa shape index (κ3) is 4.95. The van der Waals surface area contributed by atoms with Crippen molar-refractivity contribution in [2.24, 2.45) is 0 Å². The largest absolute Gasteiger partial charge is 0.468 e. The molecule has 130 valence electrons. The number of amides is 1. The zero-order chi connectivity index (χ0) is 17.6. The standard InChI is InChI=1S/C18H19ClN4O2/c1-22(12-16-6-3-9-25-16)13-18(24)21-17-7-8-20-23(17)11-14-4-2-5-15(19)10-14/h2-10H,11-13H2,1H3,(H,21,24). The molecule has 0 radical (unpaired) electrons. The predicted molar refractivity (Wildman–Crippen MR) is 96.5 cm³/mol. The number of furan rings is 1. The predicted octanol–water partition coefficient (Wildman–Crippen LogP) is 3.25. The molecule has 0 aliphatic carbocycles. The summed E-state index contributed by atoms with van der Waals surface area (Å²) in [6, 6.07) is 13.1. The van der Waals surface area contributed by atoms with Crippen molar-refractivity contribution in [1.29, 1.82) is 0 Å². The summed E-state index contributed by atoms with van der Waals surface area (Å²) in [4.78, 5) is 14.1. The number of halogens is 1. The number of nitrogens with one attached hydrogen (secondary N) is 1. The molecule has 0 atom stereocenters. The minimum absolute atomic E-state index is 0.109. The van der Waals surface area contributed by atoms with Gasteiger partial charge in [0.1, 0.15) is 11.6 Å². The smallest absolute Gasteiger partial charge is 0.239 e. The van der Waals surface area contributed by atoms with Gasteiger partial charge < -0.3 is 9.73 Å². The number of carbonyl (C=O) groups is 1. The van der Waals surface area contributed by atoms with E-state index in [0.29, 0.717) is 23.9 Å². The Morgan fingerprint density at radius 2 is 2.20 bits per heavy atom. The van der Waals surface area contributed by atoms with Crippen LogP contribution in [0.3, 0.4) is 0 Å². The summed E-state index contributed by atoms with van der Waals surface area (Å²) in [5.74, 6) is 1.36. The SMILES string of the molecule is CN(CC(=O)Nc1ccnn1Cc1cccc(Cl)c1)Cc1ccco1. The number of nitrogens with zero attached hydrogens (tertiary/aromatic N) is 3. The van der Waals surface area contributed by atoms with Gasteiger partial charge in [-0.05, 0) is 36.9 Å². The van der Waals surface area contributed by atoms with Gasteiger partial charge in [0.05, 0.1) is 32.1 Å². The first-order valence-electron chi connectivity index (χ1n) is 7.87. The van der Waals surface area contributed by atoms with Crippen molar-refractivity contribution in [2.75, 3.05) is 18.9 Å². The van der Waals surface area contributed by atoms with Crippen LogP contribution < -0.4 is 5.32 Å². The molecule has 1 aromatic carbocycles. The molecule has 2 aromatic heterocycles. The van der Waals surface area contributed by atoms with Crippen molar-refractivity contribution in [2.45, 2.75) is 13.1 Å². The lowest BCUT2D eigenvalue weighted by Crippen LogP contribution is -2.30. The maximum Gasteiger partial charge on any atom is 0.239 e. The van der Waals surface area contributed by atoms with Gasteiger partial charge in [-0.1, -0.05) is 23.7 Å². The van der Waals surface area contributed by atoms with Crippen LogP contribution in [0.2, 0.25) is 5.02 Å². The van der Waals surface area contributed by atoms with Crippen LogP contribution in [0.4, 0.5) is 5.82 Å². The second-order valence-corrected chi connectivity index (χ2v) is 6.24. The number of likely N-dealkylation sites (N-methyl/N-ethyl adjacent to an activating group) is 1. The van der Waals surface area contributed by atoms with Gasteiger partial charge in [0.25, 0.3) is 0 Å². The highest BCUT2D eigenvalue weighted by Gasteiger charge is 2.11. The Labute approximate surface area is 151 Å². The lowest BCUT2D eigenvalue weighted by atomic mass is 10.2. The number of carbonyl (C=O) groups excluding carboxylic acids is 1. The van der Waals surface area contributed by atoms with Crippen molar-refractivity contribution >= 4 is 23.3 Å². The van der Waals surface area contributed by atoms with Crippen LogP contribution in [0.15, 0.2) is 59.3 Å². The van der Waals surface area contributed by atoms with Gasteiger partial charge >= 0.3 is 0 Å². The molecule has 0 spiro atoms. The van der Waals surface area contributed by atoms with E-state index in [2.05, 4.69) is 10.4 Å².